The van der Waals surface area contributed by atoms with Crippen LogP contribution in [-0.2, 0) is 0 Å². The maximum absolute atomic E-state index is 5.42. The highest BCUT2D eigenvalue weighted by Crippen LogP contribution is 2.47. The second-order valence-electron chi connectivity index (χ2n) is 11.8. The Bertz CT molecular complexity index is 2290. The molecule has 212 valence electrons. The molecule has 2 unspecified atom stereocenters. The van der Waals surface area contributed by atoms with E-state index in [2.05, 4.69) is 166 Å². The highest BCUT2D eigenvalue weighted by molar-refractivity contribution is 6.10. The number of benzene rings is 5. The van der Waals surface area contributed by atoms with Crippen molar-refractivity contribution < 1.29 is 0 Å². The summed E-state index contributed by atoms with van der Waals surface area (Å²) < 4.78 is 4.59. The van der Waals surface area contributed by atoms with E-state index in [0.717, 1.165) is 39.4 Å². The molecule has 3 aromatic heterocycles. The summed E-state index contributed by atoms with van der Waals surface area (Å²) in [6.45, 7) is 0. The van der Waals surface area contributed by atoms with Gasteiger partial charge in [0.25, 0.3) is 0 Å². The quantitative estimate of drug-likeness (QED) is 0.210. The van der Waals surface area contributed by atoms with E-state index in [1.54, 1.807) is 0 Å². The Morgan fingerprint density at radius 3 is 1.44 bits per heavy atom. The first-order valence-corrected chi connectivity index (χ1v) is 15.4. The number of aromatic nitrogens is 4. The first kappa shape index (κ1) is 24.5. The molecule has 10 rings (SSSR count). The van der Waals surface area contributed by atoms with Crippen LogP contribution < -0.4 is 4.90 Å². The van der Waals surface area contributed by atoms with E-state index < -0.39 is 0 Å². The predicted molar refractivity (Wildman–Crippen MR) is 184 cm³/mol. The van der Waals surface area contributed by atoms with Gasteiger partial charge in [-0.25, -0.2) is 0 Å². The third-order valence-corrected chi connectivity index (χ3v) is 9.48. The van der Waals surface area contributed by atoms with Gasteiger partial charge in [-0.05, 0) is 35.9 Å². The molecule has 0 saturated carbocycles. The Balaban J connectivity index is 1.32. The van der Waals surface area contributed by atoms with E-state index in [0.29, 0.717) is 5.95 Å². The molecular formula is C40H27N5. The number of nitrogens with zero attached hydrogens (tertiary/aromatic N) is 5. The minimum absolute atomic E-state index is 0.0896. The van der Waals surface area contributed by atoms with Crippen molar-refractivity contribution in [2.24, 2.45) is 0 Å². The molecule has 0 fully saturated rings. The molecule has 8 aromatic rings. The summed E-state index contributed by atoms with van der Waals surface area (Å²) in [6.07, 6.45) is 8.88. The van der Waals surface area contributed by atoms with E-state index in [1.807, 2.05) is 0 Å². The molecule has 1 aliphatic heterocycles. The number of rotatable bonds is 3. The molecule has 0 bridgehead atoms. The first-order valence-electron chi connectivity index (χ1n) is 15.4. The van der Waals surface area contributed by atoms with Gasteiger partial charge >= 0.3 is 0 Å². The third-order valence-electron chi connectivity index (χ3n) is 9.48. The molecule has 2 atom stereocenters. The van der Waals surface area contributed by atoms with Gasteiger partial charge in [-0.15, -0.1) is 0 Å². The number of fused-ring (bicyclic) bond motifs is 9. The number of allylic oxidation sites excluding steroid dienone is 2. The fourth-order valence-electron chi connectivity index (χ4n) is 7.61. The van der Waals surface area contributed by atoms with Crippen LogP contribution in [0.15, 0.2) is 152 Å². The van der Waals surface area contributed by atoms with Crippen molar-refractivity contribution in [2.75, 3.05) is 4.90 Å². The van der Waals surface area contributed by atoms with Gasteiger partial charge < -0.3 is 4.90 Å². The lowest BCUT2D eigenvalue weighted by Crippen LogP contribution is -2.30. The first-order chi connectivity index (χ1) is 22.3. The zero-order valence-corrected chi connectivity index (χ0v) is 24.3. The predicted octanol–water partition coefficient (Wildman–Crippen LogP) is 9.40. The van der Waals surface area contributed by atoms with Gasteiger partial charge in [0.15, 0.2) is 0 Å². The van der Waals surface area contributed by atoms with Crippen molar-refractivity contribution in [1.29, 1.82) is 0 Å². The zero-order chi connectivity index (χ0) is 29.5. The highest BCUT2D eigenvalue weighted by Gasteiger charge is 2.39. The molecule has 0 amide bonds. The molecule has 1 aliphatic carbocycles. The van der Waals surface area contributed by atoms with Gasteiger partial charge in [-0.1, -0.05) is 115 Å². The van der Waals surface area contributed by atoms with Crippen LogP contribution in [0.5, 0.6) is 0 Å². The number of anilines is 2. The molecule has 5 heteroatoms. The molecule has 5 nitrogen and oxygen atoms in total. The van der Waals surface area contributed by atoms with Crippen molar-refractivity contribution in [3.63, 3.8) is 0 Å². The van der Waals surface area contributed by atoms with Gasteiger partial charge in [-0.2, -0.15) is 9.97 Å². The lowest BCUT2D eigenvalue weighted by molar-refractivity contribution is 0.727. The SMILES string of the molecule is C1=CC2c3ccccc3N(c3nc(-n4c5ccccc5c5ccccc54)cc(-n4c5ccccc5c5ccccc54)n3)C2C=C1. The molecule has 4 heterocycles. The lowest BCUT2D eigenvalue weighted by atomic mass is 9.92. The molecule has 2 aliphatic rings. The van der Waals surface area contributed by atoms with Gasteiger partial charge in [0.1, 0.15) is 11.6 Å². The van der Waals surface area contributed by atoms with Crippen LogP contribution in [0.4, 0.5) is 11.6 Å². The topological polar surface area (TPSA) is 38.9 Å². The fraction of sp³-hybridized carbons (Fsp3) is 0.0500. The Morgan fingerprint density at radius 1 is 0.467 bits per heavy atom. The van der Waals surface area contributed by atoms with Gasteiger partial charge in [0.2, 0.25) is 5.95 Å². The van der Waals surface area contributed by atoms with Crippen molar-refractivity contribution in [1.82, 2.24) is 19.1 Å². The number of hydrogen-bond acceptors (Lipinski definition) is 3. The Hall–Kier alpha value is -5.94. The lowest BCUT2D eigenvalue weighted by Gasteiger charge is -2.27. The molecule has 0 saturated heterocycles. The second kappa shape index (κ2) is 9.28. The third kappa shape index (κ3) is 3.43. The van der Waals surface area contributed by atoms with Crippen LogP contribution in [-0.4, -0.2) is 25.1 Å². The molecule has 45 heavy (non-hydrogen) atoms. The van der Waals surface area contributed by atoms with E-state index in [1.165, 1.54) is 27.1 Å². The maximum Gasteiger partial charge on any atom is 0.234 e. The van der Waals surface area contributed by atoms with E-state index >= 15 is 0 Å². The summed E-state index contributed by atoms with van der Waals surface area (Å²) in [5, 5.41) is 4.83. The van der Waals surface area contributed by atoms with Crippen LogP contribution in [0.25, 0.3) is 55.2 Å². The van der Waals surface area contributed by atoms with Crippen LogP contribution >= 0.6 is 0 Å². The minimum atomic E-state index is 0.0896. The molecular weight excluding hydrogens is 550 g/mol. The van der Waals surface area contributed by atoms with Crippen LogP contribution in [0.1, 0.15) is 11.5 Å². The summed E-state index contributed by atoms with van der Waals surface area (Å²) in [7, 11) is 0. The van der Waals surface area contributed by atoms with Crippen LogP contribution in [0, 0.1) is 0 Å². The summed E-state index contributed by atoms with van der Waals surface area (Å²) in [6, 6.07) is 45.3. The number of hydrogen-bond donors (Lipinski definition) is 0. The molecule has 0 radical (unpaired) electrons. The minimum Gasteiger partial charge on any atom is -0.302 e. The molecule has 0 spiro atoms. The summed E-state index contributed by atoms with van der Waals surface area (Å²) in [4.78, 5) is 13.2. The second-order valence-corrected chi connectivity index (χ2v) is 11.8. The van der Waals surface area contributed by atoms with Gasteiger partial charge in [-0.3, -0.25) is 9.13 Å². The van der Waals surface area contributed by atoms with Crippen LogP contribution in [0.3, 0.4) is 0 Å². The van der Waals surface area contributed by atoms with Crippen molar-refractivity contribution in [3.8, 4) is 11.6 Å². The average molecular weight is 578 g/mol. The van der Waals surface area contributed by atoms with Gasteiger partial charge in [0, 0.05) is 39.2 Å². The Kier molecular flexibility index (Phi) is 5.05. The average Bonchev–Trinajstić information content (AvgIpc) is 3.74. The van der Waals surface area contributed by atoms with Gasteiger partial charge in [0.05, 0.1) is 28.1 Å². The largest absolute Gasteiger partial charge is 0.302 e. The van der Waals surface area contributed by atoms with E-state index in [9.17, 15) is 0 Å². The standard InChI is InChI=1S/C40H27N5/c1-7-19-32-26(13-1)27-14-2-8-20-33(27)43(32)38-25-39(44-34-21-9-3-15-28(34)29-16-4-10-22-35(29)44)42-40(41-38)45-36-23-11-5-17-30(36)31-18-6-12-24-37(31)45/h1-25,30,36H. The fourth-order valence-corrected chi connectivity index (χ4v) is 7.61. The monoisotopic (exact) mass is 577 g/mol. The summed E-state index contributed by atoms with van der Waals surface area (Å²) in [5.41, 5.74) is 6.94. The smallest absolute Gasteiger partial charge is 0.234 e. The Morgan fingerprint density at radius 2 is 0.911 bits per heavy atom. The molecule has 0 N–H and O–H groups in total. The van der Waals surface area contributed by atoms with Crippen molar-refractivity contribution in [3.05, 3.63) is 157 Å². The maximum atomic E-state index is 5.42. The van der Waals surface area contributed by atoms with Crippen molar-refractivity contribution >= 4 is 55.2 Å². The number of para-hydroxylation sites is 5. The highest BCUT2D eigenvalue weighted by atomic mass is 15.3. The van der Waals surface area contributed by atoms with Crippen LogP contribution in [0.2, 0.25) is 0 Å². The zero-order valence-electron chi connectivity index (χ0n) is 24.3. The van der Waals surface area contributed by atoms with E-state index in [-0.39, 0.29) is 12.0 Å². The Labute approximate surface area is 259 Å². The molecule has 5 aromatic carbocycles. The van der Waals surface area contributed by atoms with E-state index in [4.69, 9.17) is 9.97 Å². The normalized spacial score (nSPS) is 17.1. The van der Waals surface area contributed by atoms with Crippen molar-refractivity contribution in [2.45, 2.75) is 12.0 Å². The summed E-state index contributed by atoms with van der Waals surface area (Å²) >= 11 is 0. The summed E-state index contributed by atoms with van der Waals surface area (Å²) in [5.74, 6) is 2.60.